The van der Waals surface area contributed by atoms with Gasteiger partial charge in [-0.1, -0.05) is 0 Å². The van der Waals surface area contributed by atoms with Gasteiger partial charge in [0.05, 0.1) is 30.8 Å². The third kappa shape index (κ3) is 4.12. The monoisotopic (exact) mass is 381 g/mol. The molecule has 2 aliphatic rings. The van der Waals surface area contributed by atoms with Crippen LogP contribution in [0.15, 0.2) is 36.8 Å². The Bertz CT molecular complexity index is 884. The topological polar surface area (TPSA) is 96.4 Å². The quantitative estimate of drug-likeness (QED) is 0.825. The minimum Gasteiger partial charge on any atom is -0.377 e. The van der Waals surface area contributed by atoms with Gasteiger partial charge in [0, 0.05) is 36.5 Å². The van der Waals surface area contributed by atoms with E-state index in [1.54, 1.807) is 24.5 Å². The molecule has 1 atom stereocenters. The number of morpholine rings is 1. The summed E-state index contributed by atoms with van der Waals surface area (Å²) in [4.78, 5) is 35.2. The number of aromatic nitrogens is 2. The van der Waals surface area contributed by atoms with Crippen molar-refractivity contribution >= 4 is 29.0 Å². The zero-order valence-electron chi connectivity index (χ0n) is 15.7. The summed E-state index contributed by atoms with van der Waals surface area (Å²) in [6.07, 6.45) is 6.70. The summed E-state index contributed by atoms with van der Waals surface area (Å²) in [5.74, 6) is 0.144. The average molecular weight is 381 g/mol. The maximum absolute atomic E-state index is 12.8. The Morgan fingerprint density at radius 3 is 2.86 bits per heavy atom. The molecule has 8 nitrogen and oxygen atoms in total. The molecule has 2 N–H and O–H groups in total. The Morgan fingerprint density at radius 1 is 1.21 bits per heavy atom. The van der Waals surface area contributed by atoms with E-state index in [4.69, 9.17) is 4.74 Å². The number of rotatable bonds is 5. The number of carbonyl (C=O) groups excluding carboxylic acids is 2. The van der Waals surface area contributed by atoms with E-state index < -0.39 is 0 Å². The summed E-state index contributed by atoms with van der Waals surface area (Å²) in [5.41, 5.74) is 1.98. The second-order valence-electron chi connectivity index (χ2n) is 7.16. The molecule has 28 heavy (non-hydrogen) atoms. The molecule has 1 saturated heterocycles. The normalized spacial score (nSPS) is 19.2. The molecule has 2 amide bonds. The van der Waals surface area contributed by atoms with Gasteiger partial charge in [-0.15, -0.1) is 0 Å². The molecule has 0 aromatic carbocycles. The lowest BCUT2D eigenvalue weighted by molar-refractivity contribution is -0.117. The van der Waals surface area contributed by atoms with Crippen molar-refractivity contribution in [1.29, 1.82) is 0 Å². The molecule has 8 heteroatoms. The molecule has 0 bridgehead atoms. The van der Waals surface area contributed by atoms with Crippen LogP contribution < -0.4 is 15.5 Å². The van der Waals surface area contributed by atoms with E-state index in [1.807, 2.05) is 6.07 Å². The Labute approximate surface area is 163 Å². The number of carbonyl (C=O) groups is 2. The number of pyridine rings is 2. The van der Waals surface area contributed by atoms with Gasteiger partial charge < -0.3 is 20.3 Å². The number of hydrogen-bond acceptors (Lipinski definition) is 6. The van der Waals surface area contributed by atoms with Crippen molar-refractivity contribution < 1.29 is 14.3 Å². The molecular weight excluding hydrogens is 358 g/mol. The molecule has 2 aromatic rings. The van der Waals surface area contributed by atoms with Crippen LogP contribution in [0.4, 0.5) is 17.2 Å². The molecule has 4 rings (SSSR count). The molecule has 1 aliphatic heterocycles. The van der Waals surface area contributed by atoms with E-state index in [1.165, 1.54) is 6.20 Å². The number of amides is 2. The number of nitrogens with zero attached hydrogens (tertiary/aromatic N) is 3. The zero-order chi connectivity index (χ0) is 19.5. The van der Waals surface area contributed by atoms with Gasteiger partial charge in [0.1, 0.15) is 5.82 Å². The molecule has 2 aromatic heterocycles. The van der Waals surface area contributed by atoms with E-state index in [9.17, 15) is 9.59 Å². The minimum absolute atomic E-state index is 0.0408. The van der Waals surface area contributed by atoms with Crippen molar-refractivity contribution in [2.75, 3.05) is 35.3 Å². The maximum Gasteiger partial charge on any atom is 0.255 e. The summed E-state index contributed by atoms with van der Waals surface area (Å²) >= 11 is 0. The van der Waals surface area contributed by atoms with Crippen molar-refractivity contribution in [1.82, 2.24) is 9.97 Å². The summed E-state index contributed by atoms with van der Waals surface area (Å²) in [7, 11) is 0. The van der Waals surface area contributed by atoms with E-state index in [0.29, 0.717) is 30.3 Å². The van der Waals surface area contributed by atoms with Crippen LogP contribution in [0.1, 0.15) is 30.1 Å². The van der Waals surface area contributed by atoms with Crippen LogP contribution in [0, 0.1) is 5.92 Å². The van der Waals surface area contributed by atoms with Crippen molar-refractivity contribution in [2.45, 2.75) is 25.8 Å². The van der Waals surface area contributed by atoms with Crippen molar-refractivity contribution in [3.05, 3.63) is 42.4 Å². The highest BCUT2D eigenvalue weighted by Gasteiger charge is 2.30. The van der Waals surface area contributed by atoms with Crippen LogP contribution in [0.5, 0.6) is 0 Å². The fourth-order valence-electron chi connectivity index (χ4n) is 3.23. The second kappa shape index (κ2) is 7.93. The van der Waals surface area contributed by atoms with Crippen LogP contribution >= 0.6 is 0 Å². The van der Waals surface area contributed by atoms with Crippen LogP contribution in [-0.2, 0) is 9.53 Å². The van der Waals surface area contributed by atoms with Crippen LogP contribution in [0.25, 0.3) is 0 Å². The largest absolute Gasteiger partial charge is 0.377 e. The molecule has 0 unspecified atom stereocenters. The Kier molecular flexibility index (Phi) is 5.21. The van der Waals surface area contributed by atoms with Gasteiger partial charge in [-0.3, -0.25) is 14.6 Å². The lowest BCUT2D eigenvalue weighted by atomic mass is 10.2. The Hall–Kier alpha value is -3.00. The number of hydrogen-bond donors (Lipinski definition) is 2. The Morgan fingerprint density at radius 2 is 2.07 bits per heavy atom. The zero-order valence-corrected chi connectivity index (χ0v) is 15.7. The number of ether oxygens (including phenoxy) is 1. The smallest absolute Gasteiger partial charge is 0.255 e. The van der Waals surface area contributed by atoms with Crippen molar-refractivity contribution in [3.8, 4) is 0 Å². The summed E-state index contributed by atoms with van der Waals surface area (Å²) in [6, 6.07) is 5.31. The summed E-state index contributed by atoms with van der Waals surface area (Å²) < 4.78 is 5.50. The first kappa shape index (κ1) is 18.4. The third-order valence-electron chi connectivity index (χ3n) is 4.94. The summed E-state index contributed by atoms with van der Waals surface area (Å²) in [5, 5.41) is 5.70. The van der Waals surface area contributed by atoms with E-state index in [0.717, 1.165) is 25.1 Å². The highest BCUT2D eigenvalue weighted by molar-refractivity contribution is 6.06. The number of anilines is 3. The highest BCUT2D eigenvalue weighted by Crippen LogP contribution is 2.30. The second-order valence-corrected chi connectivity index (χ2v) is 7.16. The molecule has 0 radical (unpaired) electrons. The van der Waals surface area contributed by atoms with Crippen molar-refractivity contribution in [3.63, 3.8) is 0 Å². The molecule has 2 fully saturated rings. The van der Waals surface area contributed by atoms with Gasteiger partial charge >= 0.3 is 0 Å². The maximum atomic E-state index is 12.8. The molecule has 1 saturated carbocycles. The van der Waals surface area contributed by atoms with Gasteiger partial charge in [-0.25, -0.2) is 4.98 Å². The van der Waals surface area contributed by atoms with Gasteiger partial charge in [-0.2, -0.15) is 0 Å². The first-order valence-corrected chi connectivity index (χ1v) is 9.48. The first-order chi connectivity index (χ1) is 13.6. The van der Waals surface area contributed by atoms with Crippen LogP contribution in [0.2, 0.25) is 0 Å². The predicted octanol–water partition coefficient (Wildman–Crippen LogP) is 2.30. The fraction of sp³-hybridized carbons (Fsp3) is 0.400. The van der Waals surface area contributed by atoms with E-state index in [2.05, 4.69) is 32.4 Å². The molecule has 146 valence electrons. The SMILES string of the molecule is C[C@@H]1COCCN1c1ccncc1NC(=O)c1ccnc(NC(=O)C2CC2)c1. The molecular formula is C20H23N5O3. The summed E-state index contributed by atoms with van der Waals surface area (Å²) in [6.45, 7) is 4.13. The lowest BCUT2D eigenvalue weighted by Gasteiger charge is -2.36. The minimum atomic E-state index is -0.278. The van der Waals surface area contributed by atoms with Crippen LogP contribution in [0.3, 0.4) is 0 Å². The number of nitrogens with one attached hydrogen (secondary N) is 2. The van der Waals surface area contributed by atoms with Crippen LogP contribution in [-0.4, -0.2) is 47.6 Å². The van der Waals surface area contributed by atoms with Gasteiger partial charge in [0.15, 0.2) is 0 Å². The lowest BCUT2D eigenvalue weighted by Crippen LogP contribution is -2.44. The van der Waals surface area contributed by atoms with Gasteiger partial charge in [0.25, 0.3) is 5.91 Å². The first-order valence-electron chi connectivity index (χ1n) is 9.48. The Balaban J connectivity index is 1.50. The average Bonchev–Trinajstić information content (AvgIpc) is 3.55. The molecule has 1 aliphatic carbocycles. The van der Waals surface area contributed by atoms with E-state index in [-0.39, 0.29) is 23.8 Å². The van der Waals surface area contributed by atoms with Crippen molar-refractivity contribution in [2.24, 2.45) is 5.92 Å². The molecule has 0 spiro atoms. The predicted molar refractivity (Wildman–Crippen MR) is 105 cm³/mol. The highest BCUT2D eigenvalue weighted by atomic mass is 16.5. The third-order valence-corrected chi connectivity index (χ3v) is 4.94. The van der Waals surface area contributed by atoms with E-state index >= 15 is 0 Å². The fourth-order valence-corrected chi connectivity index (χ4v) is 3.23. The van der Waals surface area contributed by atoms with Gasteiger partial charge in [0.2, 0.25) is 5.91 Å². The molecule has 3 heterocycles. The standard InChI is InChI=1S/C20H23N5O3/c1-13-12-28-9-8-25(13)17-5-6-21-11-16(17)23-20(27)15-4-7-22-18(10-15)24-19(26)14-2-3-14/h4-7,10-11,13-14H,2-3,8-9,12H2,1H3,(H,23,27)(H,22,24,26)/t13-/m1/s1. The van der Waals surface area contributed by atoms with Gasteiger partial charge in [-0.05, 0) is 38.0 Å².